The van der Waals surface area contributed by atoms with Crippen molar-refractivity contribution >= 4 is 5.91 Å². The van der Waals surface area contributed by atoms with E-state index in [1.165, 1.54) is 0 Å². The molecule has 0 aliphatic rings. The molecular formula is C12H19N3O2. The van der Waals surface area contributed by atoms with E-state index in [-0.39, 0.29) is 29.0 Å². The molecule has 0 aromatic carbocycles. The van der Waals surface area contributed by atoms with Gasteiger partial charge in [-0.1, -0.05) is 13.8 Å². The number of hydrogen-bond acceptors (Lipinski definition) is 3. The summed E-state index contributed by atoms with van der Waals surface area (Å²) in [5.74, 6) is 0.360. The van der Waals surface area contributed by atoms with Crippen molar-refractivity contribution in [1.29, 1.82) is 0 Å². The molecule has 1 amide bonds. The van der Waals surface area contributed by atoms with Gasteiger partial charge in [-0.05, 0) is 20.8 Å². The summed E-state index contributed by atoms with van der Waals surface area (Å²) < 4.78 is 0. The summed E-state index contributed by atoms with van der Waals surface area (Å²) in [6, 6.07) is -0.00826. The van der Waals surface area contributed by atoms with Crippen molar-refractivity contribution in [2.75, 3.05) is 0 Å². The number of nitrogens with one attached hydrogen (secondary N) is 2. The summed E-state index contributed by atoms with van der Waals surface area (Å²) in [4.78, 5) is 30.5. The number of hydrogen-bond donors (Lipinski definition) is 2. The van der Waals surface area contributed by atoms with Crippen LogP contribution in [0.25, 0.3) is 0 Å². The number of carbonyl (C=O) groups excluding carboxylic acids is 1. The molecule has 5 nitrogen and oxygen atoms in total. The van der Waals surface area contributed by atoms with E-state index in [9.17, 15) is 9.59 Å². The first-order chi connectivity index (χ1) is 7.82. The van der Waals surface area contributed by atoms with Gasteiger partial charge in [-0.2, -0.15) is 0 Å². The second kappa shape index (κ2) is 5.12. The average Bonchev–Trinajstić information content (AvgIpc) is 2.14. The van der Waals surface area contributed by atoms with Gasteiger partial charge in [0.15, 0.2) is 0 Å². The SMILES string of the molecule is Cc1nc(C(C)C)[nH]c(=O)c1C(=O)NC(C)C. The fraction of sp³-hybridized carbons (Fsp3) is 0.583. The van der Waals surface area contributed by atoms with Gasteiger partial charge < -0.3 is 10.3 Å². The maximum atomic E-state index is 11.8. The highest BCUT2D eigenvalue weighted by molar-refractivity contribution is 5.94. The monoisotopic (exact) mass is 237 g/mol. The van der Waals surface area contributed by atoms with E-state index in [4.69, 9.17) is 0 Å². The summed E-state index contributed by atoms with van der Waals surface area (Å²) in [6.45, 7) is 9.24. The van der Waals surface area contributed by atoms with Crippen LogP contribution in [-0.2, 0) is 0 Å². The first-order valence-electron chi connectivity index (χ1n) is 5.74. The fourth-order valence-electron chi connectivity index (χ4n) is 1.48. The van der Waals surface area contributed by atoms with Crippen LogP contribution in [0.1, 0.15) is 55.5 Å². The maximum absolute atomic E-state index is 11.8. The molecule has 0 aliphatic carbocycles. The third-order valence-corrected chi connectivity index (χ3v) is 2.31. The Balaban J connectivity index is 3.19. The van der Waals surface area contributed by atoms with Crippen molar-refractivity contribution in [3.05, 3.63) is 27.4 Å². The first-order valence-corrected chi connectivity index (χ1v) is 5.74. The third kappa shape index (κ3) is 3.15. The number of aromatic nitrogens is 2. The second-order valence-corrected chi connectivity index (χ2v) is 4.69. The van der Waals surface area contributed by atoms with E-state index in [0.29, 0.717) is 11.5 Å². The lowest BCUT2D eigenvalue weighted by Gasteiger charge is -2.11. The van der Waals surface area contributed by atoms with Crippen LogP contribution in [0, 0.1) is 6.92 Å². The van der Waals surface area contributed by atoms with Gasteiger partial charge in [-0.15, -0.1) is 0 Å². The lowest BCUT2D eigenvalue weighted by Crippen LogP contribution is -2.36. The minimum atomic E-state index is -0.376. The molecule has 2 N–H and O–H groups in total. The Morgan fingerprint density at radius 1 is 1.29 bits per heavy atom. The quantitative estimate of drug-likeness (QED) is 0.833. The van der Waals surface area contributed by atoms with Crippen molar-refractivity contribution in [1.82, 2.24) is 15.3 Å². The highest BCUT2D eigenvalue weighted by atomic mass is 16.2. The topological polar surface area (TPSA) is 74.8 Å². The number of H-pyrrole nitrogens is 1. The van der Waals surface area contributed by atoms with Gasteiger partial charge in [0.05, 0.1) is 5.69 Å². The molecule has 0 saturated heterocycles. The van der Waals surface area contributed by atoms with Gasteiger partial charge >= 0.3 is 0 Å². The lowest BCUT2D eigenvalue weighted by atomic mass is 10.1. The number of rotatable bonds is 3. The fourth-order valence-corrected chi connectivity index (χ4v) is 1.48. The molecule has 0 fully saturated rings. The highest BCUT2D eigenvalue weighted by Crippen LogP contribution is 2.08. The molecule has 0 unspecified atom stereocenters. The zero-order valence-corrected chi connectivity index (χ0v) is 10.9. The van der Waals surface area contributed by atoms with Crippen LogP contribution in [0.5, 0.6) is 0 Å². The third-order valence-electron chi connectivity index (χ3n) is 2.31. The predicted octanol–water partition coefficient (Wildman–Crippen LogP) is 1.34. The smallest absolute Gasteiger partial charge is 0.264 e. The maximum Gasteiger partial charge on any atom is 0.264 e. The first kappa shape index (κ1) is 13.4. The van der Waals surface area contributed by atoms with Gasteiger partial charge in [0.25, 0.3) is 11.5 Å². The number of nitrogens with zero attached hydrogens (tertiary/aromatic N) is 1. The second-order valence-electron chi connectivity index (χ2n) is 4.69. The summed E-state index contributed by atoms with van der Waals surface area (Å²) in [5, 5.41) is 2.69. The Bertz CT molecular complexity index is 475. The van der Waals surface area contributed by atoms with Gasteiger partial charge in [0.2, 0.25) is 0 Å². The Labute approximate surface area is 101 Å². The number of aromatic amines is 1. The molecule has 1 aromatic rings. The molecule has 0 radical (unpaired) electrons. The largest absolute Gasteiger partial charge is 0.350 e. The van der Waals surface area contributed by atoms with Crippen LogP contribution in [0.3, 0.4) is 0 Å². The Morgan fingerprint density at radius 3 is 2.29 bits per heavy atom. The zero-order chi connectivity index (χ0) is 13.2. The molecule has 0 bridgehead atoms. The molecule has 1 rings (SSSR count). The van der Waals surface area contributed by atoms with Crippen molar-refractivity contribution in [2.45, 2.75) is 46.6 Å². The van der Waals surface area contributed by atoms with E-state index < -0.39 is 0 Å². The minimum absolute atomic E-state index is 0.00826. The van der Waals surface area contributed by atoms with E-state index in [2.05, 4.69) is 15.3 Å². The van der Waals surface area contributed by atoms with Crippen molar-refractivity contribution in [3.8, 4) is 0 Å². The zero-order valence-electron chi connectivity index (χ0n) is 10.9. The molecular weight excluding hydrogens is 218 g/mol. The number of amides is 1. The van der Waals surface area contributed by atoms with Crippen LogP contribution >= 0.6 is 0 Å². The summed E-state index contributed by atoms with van der Waals surface area (Å²) in [5.41, 5.74) is 0.193. The molecule has 17 heavy (non-hydrogen) atoms. The van der Waals surface area contributed by atoms with Crippen LogP contribution < -0.4 is 10.9 Å². The molecule has 1 aromatic heterocycles. The Morgan fingerprint density at radius 2 is 1.88 bits per heavy atom. The normalized spacial score (nSPS) is 11.0. The van der Waals surface area contributed by atoms with Crippen molar-refractivity contribution in [2.24, 2.45) is 0 Å². The average molecular weight is 237 g/mol. The van der Waals surface area contributed by atoms with Crippen LogP contribution in [0.15, 0.2) is 4.79 Å². The summed E-state index contributed by atoms with van der Waals surface area (Å²) in [7, 11) is 0. The van der Waals surface area contributed by atoms with Crippen LogP contribution in [0.4, 0.5) is 0 Å². The summed E-state index contributed by atoms with van der Waals surface area (Å²) in [6.07, 6.45) is 0. The lowest BCUT2D eigenvalue weighted by molar-refractivity contribution is 0.0940. The van der Waals surface area contributed by atoms with Gasteiger partial charge in [0, 0.05) is 12.0 Å². The van der Waals surface area contributed by atoms with Gasteiger partial charge in [0.1, 0.15) is 11.4 Å². The minimum Gasteiger partial charge on any atom is -0.350 e. The molecule has 94 valence electrons. The van der Waals surface area contributed by atoms with Crippen molar-refractivity contribution in [3.63, 3.8) is 0 Å². The summed E-state index contributed by atoms with van der Waals surface area (Å²) >= 11 is 0. The van der Waals surface area contributed by atoms with E-state index in [1.54, 1.807) is 6.92 Å². The molecule has 0 atom stereocenters. The molecule has 0 saturated carbocycles. The van der Waals surface area contributed by atoms with Crippen molar-refractivity contribution < 1.29 is 4.79 Å². The van der Waals surface area contributed by atoms with Gasteiger partial charge in [-0.25, -0.2) is 4.98 Å². The molecule has 0 spiro atoms. The number of carbonyl (C=O) groups is 1. The van der Waals surface area contributed by atoms with E-state index in [1.807, 2.05) is 27.7 Å². The number of aryl methyl sites for hydroxylation is 1. The van der Waals surface area contributed by atoms with Crippen LogP contribution in [-0.4, -0.2) is 21.9 Å². The Hall–Kier alpha value is -1.65. The van der Waals surface area contributed by atoms with E-state index in [0.717, 1.165) is 0 Å². The van der Waals surface area contributed by atoms with Gasteiger partial charge in [-0.3, -0.25) is 9.59 Å². The predicted molar refractivity (Wildman–Crippen MR) is 66.3 cm³/mol. The van der Waals surface area contributed by atoms with E-state index >= 15 is 0 Å². The molecule has 5 heteroatoms. The molecule has 1 heterocycles. The van der Waals surface area contributed by atoms with Crippen LogP contribution in [0.2, 0.25) is 0 Å². The molecule has 0 aliphatic heterocycles. The Kier molecular flexibility index (Phi) is 4.04. The standard InChI is InChI=1S/C12H19N3O2/c1-6(2)10-14-8(5)9(12(17)15-10)11(16)13-7(3)4/h6-7H,1-5H3,(H,13,16)(H,14,15,17). The highest BCUT2D eigenvalue weighted by Gasteiger charge is 2.17.